The lowest BCUT2D eigenvalue weighted by Gasteiger charge is -2.07. The molecule has 104 valence electrons. The van der Waals surface area contributed by atoms with Crippen molar-refractivity contribution < 1.29 is 23.8 Å². The van der Waals surface area contributed by atoms with Crippen LogP contribution in [0.2, 0.25) is 0 Å². The van der Waals surface area contributed by atoms with Gasteiger partial charge in [-0.05, 0) is 24.3 Å². The zero-order chi connectivity index (χ0) is 14.1. The predicted molar refractivity (Wildman–Crippen MR) is 69.9 cm³/mol. The number of halogens is 1. The molecule has 19 heavy (non-hydrogen) atoms. The first-order valence-corrected chi connectivity index (χ1v) is 6.68. The highest BCUT2D eigenvalue weighted by molar-refractivity contribution is 7.99. The van der Waals surface area contributed by atoms with Crippen LogP contribution in [-0.4, -0.2) is 41.6 Å². The van der Waals surface area contributed by atoms with Crippen LogP contribution in [0.15, 0.2) is 24.3 Å². The quantitative estimate of drug-likeness (QED) is 0.701. The number of carbonyl (C=O) groups excluding carboxylic acids is 1. The van der Waals surface area contributed by atoms with Crippen molar-refractivity contribution in [3.63, 3.8) is 0 Å². The van der Waals surface area contributed by atoms with Crippen molar-refractivity contribution in [2.75, 3.05) is 24.7 Å². The van der Waals surface area contributed by atoms with Crippen molar-refractivity contribution in [1.82, 2.24) is 5.32 Å². The van der Waals surface area contributed by atoms with Crippen molar-refractivity contribution in [1.29, 1.82) is 0 Å². The van der Waals surface area contributed by atoms with Crippen molar-refractivity contribution in [3.05, 3.63) is 30.1 Å². The molecule has 0 unspecified atom stereocenters. The number of aliphatic carboxylic acids is 1. The summed E-state index contributed by atoms with van der Waals surface area (Å²) >= 11 is 1.22. The molecule has 0 saturated heterocycles. The molecule has 2 N–H and O–H groups in total. The van der Waals surface area contributed by atoms with E-state index in [1.54, 1.807) is 0 Å². The fourth-order valence-electron chi connectivity index (χ4n) is 1.15. The maximum Gasteiger partial charge on any atom is 0.313 e. The van der Waals surface area contributed by atoms with Gasteiger partial charge in [0.2, 0.25) is 0 Å². The predicted octanol–water partition coefficient (Wildman–Crippen LogP) is 1.14. The first-order chi connectivity index (χ1) is 9.08. The standard InChI is InChI=1S/C12H14FNO4S/c13-9-1-3-10(4-2-9)18-7-11(15)14-5-6-19-8-12(16)17/h1-4H,5-8H2,(H,14,15)(H,16,17). The molecule has 7 heteroatoms. The smallest absolute Gasteiger partial charge is 0.313 e. The largest absolute Gasteiger partial charge is 0.484 e. The second-order valence-electron chi connectivity index (χ2n) is 3.54. The molecule has 1 aromatic rings. The Balaban J connectivity index is 2.11. The number of carboxylic acids is 1. The maximum absolute atomic E-state index is 12.6. The fourth-order valence-corrected chi connectivity index (χ4v) is 1.72. The first-order valence-electron chi connectivity index (χ1n) is 5.52. The molecule has 0 radical (unpaired) electrons. The van der Waals surface area contributed by atoms with Gasteiger partial charge in [0.1, 0.15) is 11.6 Å². The Hall–Kier alpha value is -1.76. The zero-order valence-electron chi connectivity index (χ0n) is 10.1. The maximum atomic E-state index is 12.6. The summed E-state index contributed by atoms with van der Waals surface area (Å²) in [5.41, 5.74) is 0. The van der Waals surface area contributed by atoms with Gasteiger partial charge < -0.3 is 15.2 Å². The summed E-state index contributed by atoms with van der Waals surface area (Å²) in [6.45, 7) is 0.221. The molecular formula is C12H14FNO4S. The molecule has 0 atom stereocenters. The van der Waals surface area contributed by atoms with E-state index in [0.29, 0.717) is 18.0 Å². The second-order valence-corrected chi connectivity index (χ2v) is 4.64. The molecular weight excluding hydrogens is 273 g/mol. The Bertz CT molecular complexity index is 424. The van der Waals surface area contributed by atoms with E-state index in [9.17, 15) is 14.0 Å². The Morgan fingerprint density at radius 2 is 2.00 bits per heavy atom. The van der Waals surface area contributed by atoms with E-state index in [1.165, 1.54) is 36.0 Å². The Labute approximate surface area is 114 Å². The fraction of sp³-hybridized carbons (Fsp3) is 0.333. The number of hydrogen-bond donors (Lipinski definition) is 2. The molecule has 0 heterocycles. The Kier molecular flexibility index (Phi) is 6.73. The lowest BCUT2D eigenvalue weighted by molar-refractivity contribution is -0.133. The van der Waals surface area contributed by atoms with Crippen molar-refractivity contribution >= 4 is 23.6 Å². The number of rotatable bonds is 8. The molecule has 5 nitrogen and oxygen atoms in total. The third-order valence-electron chi connectivity index (χ3n) is 1.98. The first kappa shape index (κ1) is 15.3. The molecule has 0 aromatic heterocycles. The highest BCUT2D eigenvalue weighted by Crippen LogP contribution is 2.10. The van der Waals surface area contributed by atoms with Gasteiger partial charge in [0, 0.05) is 12.3 Å². The molecule has 0 spiro atoms. The molecule has 1 amide bonds. The minimum Gasteiger partial charge on any atom is -0.484 e. The lowest BCUT2D eigenvalue weighted by Crippen LogP contribution is -2.30. The van der Waals surface area contributed by atoms with Crippen LogP contribution >= 0.6 is 11.8 Å². The van der Waals surface area contributed by atoms with E-state index in [2.05, 4.69) is 5.32 Å². The number of thioether (sulfide) groups is 1. The van der Waals surface area contributed by atoms with Crippen LogP contribution in [0.1, 0.15) is 0 Å². The third kappa shape index (κ3) is 7.30. The summed E-state index contributed by atoms with van der Waals surface area (Å²) in [5.74, 6) is -0.600. The lowest BCUT2D eigenvalue weighted by atomic mass is 10.3. The van der Waals surface area contributed by atoms with E-state index >= 15 is 0 Å². The van der Waals surface area contributed by atoms with Gasteiger partial charge in [-0.15, -0.1) is 11.8 Å². The molecule has 0 bridgehead atoms. The normalized spacial score (nSPS) is 9.95. The average Bonchev–Trinajstić information content (AvgIpc) is 2.37. The molecule has 0 fully saturated rings. The molecule has 1 aromatic carbocycles. The second kappa shape index (κ2) is 8.36. The topological polar surface area (TPSA) is 75.6 Å². The van der Waals surface area contributed by atoms with Gasteiger partial charge in [-0.25, -0.2) is 4.39 Å². The van der Waals surface area contributed by atoms with Crippen LogP contribution in [0.3, 0.4) is 0 Å². The minimum absolute atomic E-state index is 0.0158. The number of nitrogens with one attached hydrogen (secondary N) is 1. The Morgan fingerprint density at radius 3 is 2.63 bits per heavy atom. The summed E-state index contributed by atoms with van der Waals surface area (Å²) in [7, 11) is 0. The molecule has 0 aliphatic rings. The summed E-state index contributed by atoms with van der Waals surface area (Å²) in [4.78, 5) is 21.6. The number of amides is 1. The van der Waals surface area contributed by atoms with Crippen molar-refractivity contribution in [2.45, 2.75) is 0 Å². The van der Waals surface area contributed by atoms with Gasteiger partial charge in [-0.1, -0.05) is 0 Å². The summed E-state index contributed by atoms with van der Waals surface area (Å²) in [6, 6.07) is 5.36. The molecule has 0 saturated carbocycles. The van der Waals surface area contributed by atoms with Crippen LogP contribution < -0.4 is 10.1 Å². The highest BCUT2D eigenvalue weighted by atomic mass is 32.2. The van der Waals surface area contributed by atoms with E-state index in [0.717, 1.165) is 0 Å². The van der Waals surface area contributed by atoms with Gasteiger partial charge in [0.25, 0.3) is 5.91 Å². The van der Waals surface area contributed by atoms with Gasteiger partial charge >= 0.3 is 5.97 Å². The summed E-state index contributed by atoms with van der Waals surface area (Å²) in [6.07, 6.45) is 0. The van der Waals surface area contributed by atoms with Crippen LogP contribution in [0, 0.1) is 5.82 Å². The van der Waals surface area contributed by atoms with Gasteiger partial charge in [-0.2, -0.15) is 0 Å². The number of benzene rings is 1. The third-order valence-corrected chi connectivity index (χ3v) is 2.92. The number of ether oxygens (including phenoxy) is 1. The van der Waals surface area contributed by atoms with Crippen LogP contribution in [0.5, 0.6) is 5.75 Å². The monoisotopic (exact) mass is 287 g/mol. The average molecular weight is 287 g/mol. The zero-order valence-corrected chi connectivity index (χ0v) is 10.9. The van der Waals surface area contributed by atoms with Crippen LogP contribution in [-0.2, 0) is 9.59 Å². The summed E-state index contributed by atoms with van der Waals surface area (Å²) in [5, 5.41) is 11.0. The van der Waals surface area contributed by atoms with Crippen molar-refractivity contribution in [2.24, 2.45) is 0 Å². The van der Waals surface area contributed by atoms with Crippen LogP contribution in [0.4, 0.5) is 4.39 Å². The van der Waals surface area contributed by atoms with E-state index in [-0.39, 0.29) is 24.1 Å². The Morgan fingerprint density at radius 1 is 1.32 bits per heavy atom. The molecule has 0 aliphatic carbocycles. The number of hydrogen-bond acceptors (Lipinski definition) is 4. The van der Waals surface area contributed by atoms with Gasteiger partial charge in [0.05, 0.1) is 5.75 Å². The minimum atomic E-state index is -0.879. The summed E-state index contributed by atoms with van der Waals surface area (Å²) < 4.78 is 17.7. The van der Waals surface area contributed by atoms with E-state index in [4.69, 9.17) is 9.84 Å². The van der Waals surface area contributed by atoms with Crippen molar-refractivity contribution in [3.8, 4) is 5.75 Å². The van der Waals surface area contributed by atoms with Crippen LogP contribution in [0.25, 0.3) is 0 Å². The molecule has 1 rings (SSSR count). The van der Waals surface area contributed by atoms with Gasteiger partial charge in [0.15, 0.2) is 6.61 Å². The van der Waals surface area contributed by atoms with E-state index in [1.807, 2.05) is 0 Å². The number of carbonyl (C=O) groups is 2. The van der Waals surface area contributed by atoms with Gasteiger partial charge in [-0.3, -0.25) is 9.59 Å². The molecule has 0 aliphatic heterocycles. The highest BCUT2D eigenvalue weighted by Gasteiger charge is 2.03. The number of carboxylic acid groups (broad SMARTS) is 1. The van der Waals surface area contributed by atoms with E-state index < -0.39 is 5.97 Å². The SMILES string of the molecule is O=C(O)CSCCNC(=O)COc1ccc(F)cc1.